The summed E-state index contributed by atoms with van der Waals surface area (Å²) in [5, 5.41) is 17.5. The van der Waals surface area contributed by atoms with E-state index in [0.29, 0.717) is 23.4 Å². The van der Waals surface area contributed by atoms with Crippen molar-refractivity contribution in [2.45, 2.75) is 13.1 Å². The molecule has 0 amide bonds. The molecule has 1 heterocycles. The van der Waals surface area contributed by atoms with Crippen molar-refractivity contribution >= 4 is 21.6 Å². The Morgan fingerprint density at radius 2 is 2.28 bits per heavy atom. The van der Waals surface area contributed by atoms with Gasteiger partial charge in [-0.15, -0.1) is 0 Å². The van der Waals surface area contributed by atoms with E-state index < -0.39 is 4.92 Å². The van der Waals surface area contributed by atoms with Crippen molar-refractivity contribution in [2.24, 2.45) is 0 Å². The van der Waals surface area contributed by atoms with Crippen LogP contribution in [0.5, 0.6) is 0 Å². The third-order valence-electron chi connectivity index (χ3n) is 2.23. The van der Waals surface area contributed by atoms with Gasteiger partial charge in [0.25, 0.3) is 5.69 Å². The van der Waals surface area contributed by atoms with Crippen molar-refractivity contribution in [3.63, 3.8) is 0 Å². The topological polar surface area (TPSA) is 94.1 Å². The minimum atomic E-state index is -0.424. The fraction of sp³-hybridized carbons (Fsp3) is 0.200. The van der Waals surface area contributed by atoms with Gasteiger partial charge in [0.15, 0.2) is 5.82 Å². The molecule has 0 bridgehead atoms. The third-order valence-corrected chi connectivity index (χ3v) is 2.90. The van der Waals surface area contributed by atoms with Crippen molar-refractivity contribution in [1.29, 1.82) is 0 Å². The van der Waals surface area contributed by atoms with Crippen molar-refractivity contribution < 1.29 is 9.45 Å². The lowest BCUT2D eigenvalue weighted by molar-refractivity contribution is -0.385. The highest BCUT2D eigenvalue weighted by Gasteiger charge is 2.12. The van der Waals surface area contributed by atoms with E-state index in [1.807, 2.05) is 0 Å². The first-order valence-corrected chi connectivity index (χ1v) is 5.85. The molecule has 1 aromatic carbocycles. The Labute approximate surface area is 110 Å². The molecule has 1 aromatic heterocycles. The predicted molar refractivity (Wildman–Crippen MR) is 65.6 cm³/mol. The van der Waals surface area contributed by atoms with Crippen LogP contribution in [0.2, 0.25) is 0 Å². The van der Waals surface area contributed by atoms with Gasteiger partial charge in [0, 0.05) is 12.6 Å². The lowest BCUT2D eigenvalue weighted by Gasteiger charge is -2.03. The highest BCUT2D eigenvalue weighted by Crippen LogP contribution is 2.25. The number of nitrogens with one attached hydrogen (secondary N) is 1. The van der Waals surface area contributed by atoms with Gasteiger partial charge in [-0.25, -0.2) is 0 Å². The van der Waals surface area contributed by atoms with Crippen LogP contribution in [0.3, 0.4) is 0 Å². The molecule has 7 nitrogen and oxygen atoms in total. The van der Waals surface area contributed by atoms with E-state index in [0.717, 1.165) is 5.56 Å². The predicted octanol–water partition coefficient (Wildman–Crippen LogP) is 2.03. The number of halogens is 1. The van der Waals surface area contributed by atoms with Crippen LogP contribution in [0.4, 0.5) is 5.69 Å². The molecule has 1 N–H and O–H groups in total. The number of hydrogen-bond donors (Lipinski definition) is 1. The number of nitro benzene ring substituents is 1. The average Bonchev–Trinajstić information content (AvgIpc) is 2.84. The van der Waals surface area contributed by atoms with Crippen molar-refractivity contribution in [3.05, 3.63) is 50.6 Å². The molecule has 2 aromatic rings. The van der Waals surface area contributed by atoms with Gasteiger partial charge in [-0.2, -0.15) is 4.98 Å². The zero-order valence-corrected chi connectivity index (χ0v) is 10.8. The number of aromatic nitrogens is 2. The maximum Gasteiger partial charge on any atom is 0.283 e. The fourth-order valence-corrected chi connectivity index (χ4v) is 1.79. The maximum absolute atomic E-state index is 10.8. The Hall–Kier alpha value is -1.80. The molecule has 2 rings (SSSR count). The molecular weight excluding hydrogens is 304 g/mol. The van der Waals surface area contributed by atoms with Crippen LogP contribution in [-0.4, -0.2) is 15.1 Å². The summed E-state index contributed by atoms with van der Waals surface area (Å²) in [5.41, 5.74) is 0.863. The maximum atomic E-state index is 10.8. The van der Waals surface area contributed by atoms with E-state index in [4.69, 9.17) is 0 Å². The van der Waals surface area contributed by atoms with Gasteiger partial charge in [0.05, 0.1) is 15.9 Å². The molecule has 0 spiro atoms. The number of rotatable bonds is 5. The largest absolute Gasteiger partial charge is 0.343 e. The lowest BCUT2D eigenvalue weighted by atomic mass is 10.2. The zero-order valence-electron chi connectivity index (χ0n) is 9.17. The van der Waals surface area contributed by atoms with E-state index in [9.17, 15) is 10.1 Å². The van der Waals surface area contributed by atoms with Crippen molar-refractivity contribution in [1.82, 2.24) is 15.5 Å². The lowest BCUT2D eigenvalue weighted by Crippen LogP contribution is -2.13. The van der Waals surface area contributed by atoms with E-state index in [-0.39, 0.29) is 5.69 Å². The Morgan fingerprint density at radius 1 is 1.44 bits per heavy atom. The average molecular weight is 313 g/mol. The fourth-order valence-electron chi connectivity index (χ4n) is 1.40. The molecule has 0 saturated heterocycles. The zero-order chi connectivity index (χ0) is 13.0. The van der Waals surface area contributed by atoms with Gasteiger partial charge < -0.3 is 9.84 Å². The summed E-state index contributed by atoms with van der Waals surface area (Å²) in [6.07, 6.45) is 1.25. The van der Waals surface area contributed by atoms with Gasteiger partial charge >= 0.3 is 0 Å². The second kappa shape index (κ2) is 5.69. The Kier molecular flexibility index (Phi) is 4.00. The van der Waals surface area contributed by atoms with Gasteiger partial charge in [0.1, 0.15) is 0 Å². The van der Waals surface area contributed by atoms with Crippen LogP contribution in [0.1, 0.15) is 11.4 Å². The van der Waals surface area contributed by atoms with Crippen LogP contribution < -0.4 is 5.32 Å². The molecule has 0 radical (unpaired) electrons. The monoisotopic (exact) mass is 312 g/mol. The highest BCUT2D eigenvalue weighted by molar-refractivity contribution is 9.10. The van der Waals surface area contributed by atoms with Crippen LogP contribution in [-0.2, 0) is 13.1 Å². The SMILES string of the molecule is O=[N+]([O-])c1cc(CNCc2ncon2)ccc1Br. The van der Waals surface area contributed by atoms with Crippen LogP contribution >= 0.6 is 15.9 Å². The number of nitrogens with zero attached hydrogens (tertiary/aromatic N) is 3. The Bertz CT molecular complexity index is 544. The van der Waals surface area contributed by atoms with Crippen LogP contribution in [0.15, 0.2) is 33.6 Å². The van der Waals surface area contributed by atoms with E-state index in [1.54, 1.807) is 12.1 Å². The molecule has 0 fully saturated rings. The smallest absolute Gasteiger partial charge is 0.283 e. The van der Waals surface area contributed by atoms with Gasteiger partial charge in [-0.05, 0) is 27.6 Å². The van der Waals surface area contributed by atoms with Crippen molar-refractivity contribution in [3.8, 4) is 0 Å². The minimum absolute atomic E-state index is 0.0499. The number of benzene rings is 1. The first-order valence-electron chi connectivity index (χ1n) is 5.05. The van der Waals surface area contributed by atoms with Gasteiger partial charge in [-0.1, -0.05) is 11.2 Å². The summed E-state index contributed by atoms with van der Waals surface area (Å²) in [5.74, 6) is 0.543. The molecule has 18 heavy (non-hydrogen) atoms. The molecule has 0 atom stereocenters. The van der Waals surface area contributed by atoms with Crippen LogP contribution in [0, 0.1) is 10.1 Å². The number of nitro groups is 1. The summed E-state index contributed by atoms with van der Waals surface area (Å²) in [4.78, 5) is 14.2. The molecule has 0 aliphatic rings. The summed E-state index contributed by atoms with van der Waals surface area (Å²) in [7, 11) is 0. The summed E-state index contributed by atoms with van der Waals surface area (Å²) in [6, 6.07) is 4.98. The van der Waals surface area contributed by atoms with E-state index >= 15 is 0 Å². The standard InChI is InChI=1S/C10H9BrN4O3/c11-8-2-1-7(3-9(8)15(16)17)4-12-5-10-13-6-18-14-10/h1-3,6,12H,4-5H2. The molecule has 0 aliphatic heterocycles. The molecular formula is C10H9BrN4O3. The first kappa shape index (κ1) is 12.7. The quantitative estimate of drug-likeness (QED) is 0.670. The highest BCUT2D eigenvalue weighted by atomic mass is 79.9. The summed E-state index contributed by atoms with van der Waals surface area (Å²) < 4.78 is 5.05. The Balaban J connectivity index is 1.97. The number of hydrogen-bond acceptors (Lipinski definition) is 6. The molecule has 8 heteroatoms. The summed E-state index contributed by atoms with van der Waals surface area (Å²) in [6.45, 7) is 0.934. The van der Waals surface area contributed by atoms with Crippen molar-refractivity contribution in [2.75, 3.05) is 0 Å². The van der Waals surface area contributed by atoms with Gasteiger partial charge in [0.2, 0.25) is 6.39 Å². The van der Waals surface area contributed by atoms with Crippen LogP contribution in [0.25, 0.3) is 0 Å². The normalized spacial score (nSPS) is 10.5. The minimum Gasteiger partial charge on any atom is -0.343 e. The first-order chi connectivity index (χ1) is 8.66. The second-order valence-corrected chi connectivity index (χ2v) is 4.35. The van der Waals surface area contributed by atoms with Gasteiger partial charge in [-0.3, -0.25) is 10.1 Å². The molecule has 0 aliphatic carbocycles. The second-order valence-electron chi connectivity index (χ2n) is 3.49. The molecule has 0 unspecified atom stereocenters. The van der Waals surface area contributed by atoms with E-state index in [2.05, 4.69) is 35.9 Å². The Morgan fingerprint density at radius 3 is 2.94 bits per heavy atom. The molecule has 94 valence electrons. The summed E-state index contributed by atoms with van der Waals surface area (Å²) >= 11 is 3.14. The van der Waals surface area contributed by atoms with E-state index in [1.165, 1.54) is 12.5 Å². The molecule has 0 saturated carbocycles. The third kappa shape index (κ3) is 3.11.